The van der Waals surface area contributed by atoms with Crippen LogP contribution in [0.1, 0.15) is 24.8 Å². The maximum absolute atomic E-state index is 12.8. The second-order valence-corrected chi connectivity index (χ2v) is 7.10. The third-order valence-corrected chi connectivity index (χ3v) is 5.67. The summed E-state index contributed by atoms with van der Waals surface area (Å²) in [4.78, 5) is 26.0. The first-order chi connectivity index (χ1) is 13.0. The minimum atomic E-state index is -0.778. The number of amides is 1. The van der Waals surface area contributed by atoms with E-state index in [0.717, 1.165) is 18.4 Å². The first-order valence-electron chi connectivity index (χ1n) is 9.37. The number of nitrogens with zero attached hydrogens (tertiary/aromatic N) is 1. The highest BCUT2D eigenvalue weighted by Gasteiger charge is 2.40. The van der Waals surface area contributed by atoms with Crippen LogP contribution in [0.25, 0.3) is 0 Å². The van der Waals surface area contributed by atoms with Gasteiger partial charge in [0.1, 0.15) is 11.5 Å². The number of piperidine rings is 1. The minimum absolute atomic E-state index is 0.0263. The van der Waals surface area contributed by atoms with Crippen LogP contribution in [0.2, 0.25) is 0 Å². The number of carbonyl (C=O) groups excluding carboxylic acids is 1. The fraction of sp³-hybridized carbons (Fsp3) is 0.600. The molecule has 0 saturated carbocycles. The normalized spacial score (nSPS) is 23.3. The number of likely N-dealkylation sites (tertiary alicyclic amines) is 1. The molecule has 0 radical (unpaired) electrons. The molecule has 1 aromatic carbocycles. The number of benzene rings is 1. The van der Waals surface area contributed by atoms with Crippen molar-refractivity contribution in [1.82, 2.24) is 4.90 Å². The van der Waals surface area contributed by atoms with Crippen molar-refractivity contribution in [2.45, 2.75) is 31.8 Å². The van der Waals surface area contributed by atoms with E-state index in [-0.39, 0.29) is 24.3 Å². The quantitative estimate of drug-likeness (QED) is 0.816. The number of methoxy groups -OCH3 is 2. The van der Waals surface area contributed by atoms with Crippen molar-refractivity contribution in [3.63, 3.8) is 0 Å². The van der Waals surface area contributed by atoms with E-state index in [1.165, 1.54) is 0 Å². The van der Waals surface area contributed by atoms with Crippen molar-refractivity contribution in [3.8, 4) is 11.5 Å². The summed E-state index contributed by atoms with van der Waals surface area (Å²) in [5, 5.41) is 9.35. The lowest BCUT2D eigenvalue weighted by atomic mass is 9.84. The number of carbonyl (C=O) groups is 2. The summed E-state index contributed by atoms with van der Waals surface area (Å²) in [5.74, 6) is 0.300. The minimum Gasteiger partial charge on any atom is -0.496 e. The lowest BCUT2D eigenvalue weighted by Crippen LogP contribution is -2.43. The Morgan fingerprint density at radius 2 is 1.78 bits per heavy atom. The van der Waals surface area contributed by atoms with E-state index in [9.17, 15) is 14.7 Å². The fourth-order valence-electron chi connectivity index (χ4n) is 4.18. The number of carboxylic acid groups (broad SMARTS) is 1. The standard InChI is InChI=1S/C20H27NO6/c1-25-16-4-3-5-17(26-2)15(16)12-18(22)21-9-6-13(7-10-21)19-14(20(23)24)8-11-27-19/h3-5,13-14,19H,6-12H2,1-2H3,(H,23,24)/t14?,19-/m0/s1. The number of aliphatic carboxylic acids is 1. The molecule has 2 fully saturated rings. The zero-order valence-corrected chi connectivity index (χ0v) is 15.8. The van der Waals surface area contributed by atoms with Crippen LogP contribution in [0, 0.1) is 11.8 Å². The van der Waals surface area contributed by atoms with Gasteiger partial charge in [-0.05, 0) is 37.3 Å². The Morgan fingerprint density at radius 1 is 1.15 bits per heavy atom. The highest BCUT2D eigenvalue weighted by atomic mass is 16.5. The van der Waals surface area contributed by atoms with E-state index in [0.29, 0.717) is 37.6 Å². The monoisotopic (exact) mass is 377 g/mol. The Kier molecular flexibility index (Phi) is 6.21. The van der Waals surface area contributed by atoms with Gasteiger partial charge in [-0.25, -0.2) is 0 Å². The summed E-state index contributed by atoms with van der Waals surface area (Å²) < 4.78 is 16.4. The molecule has 1 aromatic rings. The lowest BCUT2D eigenvalue weighted by Gasteiger charge is -2.35. The number of ether oxygens (including phenoxy) is 3. The number of hydrogen-bond donors (Lipinski definition) is 1. The third-order valence-electron chi connectivity index (χ3n) is 5.67. The molecule has 1 N–H and O–H groups in total. The Bertz CT molecular complexity index is 661. The highest BCUT2D eigenvalue weighted by Crippen LogP contribution is 2.34. The van der Waals surface area contributed by atoms with Gasteiger partial charge in [-0.15, -0.1) is 0 Å². The predicted molar refractivity (Wildman–Crippen MR) is 98.0 cm³/mol. The molecule has 2 saturated heterocycles. The maximum Gasteiger partial charge on any atom is 0.309 e. The van der Waals surface area contributed by atoms with E-state index in [4.69, 9.17) is 14.2 Å². The van der Waals surface area contributed by atoms with E-state index in [1.54, 1.807) is 14.2 Å². The smallest absolute Gasteiger partial charge is 0.309 e. The molecule has 7 nitrogen and oxygen atoms in total. The van der Waals surface area contributed by atoms with Crippen LogP contribution in [0.5, 0.6) is 11.5 Å². The van der Waals surface area contributed by atoms with Gasteiger partial charge in [0, 0.05) is 25.3 Å². The summed E-state index contributed by atoms with van der Waals surface area (Å²) in [6.07, 6.45) is 2.10. The highest BCUT2D eigenvalue weighted by molar-refractivity contribution is 5.80. The summed E-state index contributed by atoms with van der Waals surface area (Å²) in [6.45, 7) is 1.74. The van der Waals surface area contributed by atoms with Crippen LogP contribution in [0.3, 0.4) is 0 Å². The van der Waals surface area contributed by atoms with Gasteiger partial charge in [-0.2, -0.15) is 0 Å². The molecule has 0 aromatic heterocycles. The molecule has 148 valence electrons. The summed E-state index contributed by atoms with van der Waals surface area (Å²) >= 11 is 0. The van der Waals surface area contributed by atoms with Crippen molar-refractivity contribution >= 4 is 11.9 Å². The van der Waals surface area contributed by atoms with Crippen LogP contribution >= 0.6 is 0 Å². The molecule has 2 heterocycles. The van der Waals surface area contributed by atoms with Crippen molar-refractivity contribution in [2.24, 2.45) is 11.8 Å². The van der Waals surface area contributed by atoms with Gasteiger partial charge >= 0.3 is 5.97 Å². The molecule has 0 bridgehead atoms. The molecule has 7 heteroatoms. The Hall–Kier alpha value is -2.28. The average Bonchev–Trinajstić information content (AvgIpc) is 3.18. The van der Waals surface area contributed by atoms with E-state index >= 15 is 0 Å². The average molecular weight is 377 g/mol. The van der Waals surface area contributed by atoms with Gasteiger partial charge in [0.25, 0.3) is 0 Å². The van der Waals surface area contributed by atoms with Crippen LogP contribution in [-0.2, 0) is 20.7 Å². The predicted octanol–water partition coefficient (Wildman–Crippen LogP) is 1.97. The lowest BCUT2D eigenvalue weighted by molar-refractivity contribution is -0.145. The summed E-state index contributed by atoms with van der Waals surface area (Å²) in [7, 11) is 3.16. The first kappa shape index (κ1) is 19.5. The molecule has 0 aliphatic carbocycles. The Labute approximate surface area is 159 Å². The van der Waals surface area contributed by atoms with Crippen molar-refractivity contribution in [3.05, 3.63) is 23.8 Å². The van der Waals surface area contributed by atoms with Crippen molar-refractivity contribution in [1.29, 1.82) is 0 Å². The first-order valence-corrected chi connectivity index (χ1v) is 9.37. The number of carboxylic acids is 1. The van der Waals surface area contributed by atoms with Gasteiger partial charge in [-0.1, -0.05) is 6.07 Å². The zero-order chi connectivity index (χ0) is 19.4. The van der Waals surface area contributed by atoms with Gasteiger partial charge in [-0.3, -0.25) is 9.59 Å². The second-order valence-electron chi connectivity index (χ2n) is 7.10. The van der Waals surface area contributed by atoms with Crippen LogP contribution in [0.15, 0.2) is 18.2 Å². The number of rotatable bonds is 6. The summed E-state index contributed by atoms with van der Waals surface area (Å²) in [5.41, 5.74) is 0.750. The van der Waals surface area contributed by atoms with Crippen LogP contribution in [-0.4, -0.2) is 61.9 Å². The molecule has 3 rings (SSSR count). The SMILES string of the molecule is COc1cccc(OC)c1CC(=O)N1CCC([C@@H]2OCCC2C(=O)O)CC1. The molecule has 2 aliphatic rings. The topological polar surface area (TPSA) is 85.3 Å². The van der Waals surface area contributed by atoms with Gasteiger partial charge in [0.2, 0.25) is 5.91 Å². The summed E-state index contributed by atoms with van der Waals surface area (Å²) in [6, 6.07) is 5.47. The third kappa shape index (κ3) is 4.18. The van der Waals surface area contributed by atoms with Crippen LogP contribution < -0.4 is 9.47 Å². The largest absolute Gasteiger partial charge is 0.496 e. The van der Waals surface area contributed by atoms with E-state index in [1.807, 2.05) is 23.1 Å². The molecule has 1 unspecified atom stereocenters. The molecule has 2 atom stereocenters. The molecule has 2 aliphatic heterocycles. The molecular formula is C20H27NO6. The fourth-order valence-corrected chi connectivity index (χ4v) is 4.18. The number of hydrogen-bond acceptors (Lipinski definition) is 5. The maximum atomic E-state index is 12.8. The zero-order valence-electron chi connectivity index (χ0n) is 15.8. The molecular weight excluding hydrogens is 350 g/mol. The Balaban J connectivity index is 1.60. The van der Waals surface area contributed by atoms with E-state index < -0.39 is 11.9 Å². The molecule has 27 heavy (non-hydrogen) atoms. The van der Waals surface area contributed by atoms with Gasteiger partial charge < -0.3 is 24.2 Å². The van der Waals surface area contributed by atoms with Crippen LogP contribution in [0.4, 0.5) is 0 Å². The molecule has 1 amide bonds. The molecule has 0 spiro atoms. The Morgan fingerprint density at radius 3 is 2.33 bits per heavy atom. The van der Waals surface area contributed by atoms with E-state index in [2.05, 4.69) is 0 Å². The van der Waals surface area contributed by atoms with Gasteiger partial charge in [0.15, 0.2) is 0 Å². The van der Waals surface area contributed by atoms with Crippen molar-refractivity contribution < 1.29 is 28.9 Å². The van der Waals surface area contributed by atoms with Crippen molar-refractivity contribution in [2.75, 3.05) is 33.9 Å². The second kappa shape index (κ2) is 8.61. The van der Waals surface area contributed by atoms with Gasteiger partial charge in [0.05, 0.1) is 32.7 Å².